The maximum absolute atomic E-state index is 4.45. The molecule has 1 heteroatoms. The Morgan fingerprint density at radius 3 is 3.00 bits per heavy atom. The lowest BCUT2D eigenvalue weighted by molar-refractivity contribution is 0.836. The Kier molecular flexibility index (Phi) is 1.35. The van der Waals surface area contributed by atoms with Crippen LogP contribution in [0.15, 0.2) is 64.9 Å². The lowest BCUT2D eigenvalue weighted by atomic mass is 9.72. The van der Waals surface area contributed by atoms with E-state index >= 15 is 0 Å². The molecule has 2 aliphatic carbocycles. The molecule has 1 heterocycles. The molecule has 0 aromatic rings. The Balaban J connectivity index is 2.23. The largest absolute Gasteiger partial charge is 0.259 e. The van der Waals surface area contributed by atoms with Crippen LogP contribution < -0.4 is 0 Å². The Morgan fingerprint density at radius 1 is 1.14 bits per heavy atom. The Labute approximate surface area is 83.5 Å². The molecule has 0 aromatic carbocycles. The van der Waals surface area contributed by atoms with Crippen LogP contribution in [-0.2, 0) is 0 Å². The third-order valence-electron chi connectivity index (χ3n) is 2.95. The molecule has 1 nitrogen and oxygen atoms in total. The first-order valence-electron chi connectivity index (χ1n) is 4.84. The van der Waals surface area contributed by atoms with Crippen molar-refractivity contribution in [2.45, 2.75) is 6.92 Å². The first kappa shape index (κ1) is 7.74. The van der Waals surface area contributed by atoms with E-state index in [0.29, 0.717) is 0 Å². The van der Waals surface area contributed by atoms with Crippen molar-refractivity contribution in [1.82, 2.24) is 0 Å². The van der Waals surface area contributed by atoms with Gasteiger partial charge in [0, 0.05) is 6.20 Å². The summed E-state index contributed by atoms with van der Waals surface area (Å²) in [5.74, 6) is 0. The molecule has 0 saturated carbocycles. The van der Waals surface area contributed by atoms with Gasteiger partial charge in [-0.1, -0.05) is 42.0 Å². The van der Waals surface area contributed by atoms with Crippen molar-refractivity contribution in [2.24, 2.45) is 10.4 Å². The summed E-state index contributed by atoms with van der Waals surface area (Å²) in [4.78, 5) is 4.45. The number of aliphatic imine (C=N–C) groups is 1. The van der Waals surface area contributed by atoms with Crippen molar-refractivity contribution in [3.8, 4) is 0 Å². The first-order valence-corrected chi connectivity index (χ1v) is 4.84. The lowest BCUT2D eigenvalue weighted by Crippen LogP contribution is -2.27. The van der Waals surface area contributed by atoms with E-state index in [2.05, 4.69) is 54.4 Å². The molecule has 1 atom stereocenters. The molecule has 1 spiro atoms. The zero-order chi connectivity index (χ0) is 9.60. The minimum Gasteiger partial charge on any atom is -0.259 e. The molecule has 0 radical (unpaired) electrons. The van der Waals surface area contributed by atoms with Crippen LogP contribution in [0.3, 0.4) is 0 Å². The quantitative estimate of drug-likeness (QED) is 0.545. The first-order chi connectivity index (χ1) is 6.81. The topological polar surface area (TPSA) is 12.4 Å². The molecule has 0 unspecified atom stereocenters. The fraction of sp³-hybridized carbons (Fsp3) is 0.154. The molecule has 0 fully saturated rings. The molecule has 14 heavy (non-hydrogen) atoms. The fourth-order valence-electron chi connectivity index (χ4n) is 2.23. The van der Waals surface area contributed by atoms with Crippen molar-refractivity contribution < 1.29 is 0 Å². The Morgan fingerprint density at radius 2 is 2.07 bits per heavy atom. The zero-order valence-electron chi connectivity index (χ0n) is 8.07. The van der Waals surface area contributed by atoms with Gasteiger partial charge in [-0.05, 0) is 18.6 Å². The maximum Gasteiger partial charge on any atom is 0.0758 e. The Bertz CT molecular complexity index is 455. The number of rotatable bonds is 0. The summed E-state index contributed by atoms with van der Waals surface area (Å²) >= 11 is 0. The molecule has 1 aliphatic heterocycles. The monoisotopic (exact) mass is 181 g/mol. The van der Waals surface area contributed by atoms with Crippen molar-refractivity contribution in [1.29, 1.82) is 0 Å². The highest BCUT2D eigenvalue weighted by atomic mass is 14.8. The van der Waals surface area contributed by atoms with Gasteiger partial charge in [0.05, 0.1) is 11.1 Å². The van der Waals surface area contributed by atoms with Gasteiger partial charge in [0.2, 0.25) is 0 Å². The highest BCUT2D eigenvalue weighted by molar-refractivity contribution is 6.09. The van der Waals surface area contributed by atoms with Crippen LogP contribution >= 0.6 is 0 Å². The van der Waals surface area contributed by atoms with Gasteiger partial charge in [0.1, 0.15) is 0 Å². The predicted molar refractivity (Wildman–Crippen MR) is 59.1 cm³/mol. The van der Waals surface area contributed by atoms with E-state index in [-0.39, 0.29) is 5.41 Å². The van der Waals surface area contributed by atoms with Gasteiger partial charge >= 0.3 is 0 Å². The van der Waals surface area contributed by atoms with Gasteiger partial charge in [0.25, 0.3) is 0 Å². The van der Waals surface area contributed by atoms with Crippen molar-refractivity contribution in [2.75, 3.05) is 0 Å². The van der Waals surface area contributed by atoms with E-state index < -0.39 is 0 Å². The summed E-state index contributed by atoms with van der Waals surface area (Å²) in [6.45, 7) is 2.13. The molecular weight excluding hydrogens is 170 g/mol. The van der Waals surface area contributed by atoms with Crippen LogP contribution in [0.5, 0.6) is 0 Å². The average Bonchev–Trinajstić information content (AvgIpc) is 2.55. The third kappa shape index (κ3) is 0.818. The second-order valence-corrected chi connectivity index (χ2v) is 3.91. The molecule has 3 rings (SSSR count). The molecule has 0 aromatic heterocycles. The van der Waals surface area contributed by atoms with Gasteiger partial charge in [-0.25, -0.2) is 0 Å². The highest BCUT2D eigenvalue weighted by Crippen LogP contribution is 2.43. The van der Waals surface area contributed by atoms with Gasteiger partial charge in [-0.15, -0.1) is 0 Å². The summed E-state index contributed by atoms with van der Waals surface area (Å²) < 4.78 is 0. The number of hydrogen-bond donors (Lipinski definition) is 0. The predicted octanol–water partition coefficient (Wildman–Crippen LogP) is 2.95. The minimum absolute atomic E-state index is 0.0480. The standard InChI is InChI=1S/C13H11N/c1-10-5-6-12-13(8-10)7-3-2-4-11(13)9-14-12/h2-9H,1H3/t13-/m0/s1. The van der Waals surface area contributed by atoms with Gasteiger partial charge in [0.15, 0.2) is 0 Å². The highest BCUT2D eigenvalue weighted by Gasteiger charge is 2.38. The molecular formula is C13H11N. The molecule has 0 N–H and O–H groups in total. The smallest absolute Gasteiger partial charge is 0.0758 e. The summed E-state index contributed by atoms with van der Waals surface area (Å²) in [7, 11) is 0. The van der Waals surface area contributed by atoms with Crippen LogP contribution in [0.1, 0.15) is 6.92 Å². The van der Waals surface area contributed by atoms with Crippen LogP contribution in [0.4, 0.5) is 0 Å². The summed E-state index contributed by atoms with van der Waals surface area (Å²) in [6.07, 6.45) is 17.0. The van der Waals surface area contributed by atoms with E-state index in [1.54, 1.807) is 0 Å². The van der Waals surface area contributed by atoms with Crippen LogP contribution in [0, 0.1) is 5.41 Å². The van der Waals surface area contributed by atoms with Crippen LogP contribution in [-0.4, -0.2) is 5.71 Å². The van der Waals surface area contributed by atoms with E-state index in [9.17, 15) is 0 Å². The normalized spacial score (nSPS) is 31.9. The number of hydrogen-bond acceptors (Lipinski definition) is 1. The van der Waals surface area contributed by atoms with Crippen molar-refractivity contribution in [3.63, 3.8) is 0 Å². The number of allylic oxidation sites excluding steroid dienone is 9. The second-order valence-electron chi connectivity index (χ2n) is 3.91. The van der Waals surface area contributed by atoms with Gasteiger partial charge in [-0.2, -0.15) is 0 Å². The SMILES string of the molecule is CC1=C[C@@]23C=CC=CC2=CN=C3C=C1. The number of nitrogens with zero attached hydrogens (tertiary/aromatic N) is 1. The van der Waals surface area contributed by atoms with E-state index in [0.717, 1.165) is 5.71 Å². The minimum atomic E-state index is -0.0480. The summed E-state index contributed by atoms with van der Waals surface area (Å²) in [6, 6.07) is 0. The van der Waals surface area contributed by atoms with E-state index in [1.807, 2.05) is 6.20 Å². The maximum atomic E-state index is 4.45. The van der Waals surface area contributed by atoms with Crippen molar-refractivity contribution in [3.05, 3.63) is 59.9 Å². The summed E-state index contributed by atoms with van der Waals surface area (Å²) in [5, 5.41) is 0. The second kappa shape index (κ2) is 2.44. The molecule has 0 bridgehead atoms. The van der Waals surface area contributed by atoms with E-state index in [1.165, 1.54) is 11.1 Å². The Hall–Kier alpha value is -1.63. The van der Waals surface area contributed by atoms with E-state index in [4.69, 9.17) is 0 Å². The molecule has 68 valence electrons. The van der Waals surface area contributed by atoms with Gasteiger partial charge in [-0.3, -0.25) is 4.99 Å². The molecule has 0 amide bonds. The zero-order valence-corrected chi connectivity index (χ0v) is 8.07. The van der Waals surface area contributed by atoms with Gasteiger partial charge < -0.3 is 0 Å². The summed E-state index contributed by atoms with van der Waals surface area (Å²) in [5.41, 5.74) is 3.67. The van der Waals surface area contributed by atoms with Crippen molar-refractivity contribution >= 4 is 5.71 Å². The fourth-order valence-corrected chi connectivity index (χ4v) is 2.23. The third-order valence-corrected chi connectivity index (χ3v) is 2.95. The lowest BCUT2D eigenvalue weighted by Gasteiger charge is -2.29. The molecule has 3 aliphatic rings. The van der Waals surface area contributed by atoms with Crippen LogP contribution in [0.25, 0.3) is 0 Å². The average molecular weight is 181 g/mol. The van der Waals surface area contributed by atoms with Crippen LogP contribution in [0.2, 0.25) is 0 Å². The molecule has 0 saturated heterocycles.